The summed E-state index contributed by atoms with van der Waals surface area (Å²) in [5, 5.41) is 24.7. The number of benzene rings is 1. The van der Waals surface area contributed by atoms with Gasteiger partial charge in [-0.2, -0.15) is 0 Å². The summed E-state index contributed by atoms with van der Waals surface area (Å²) in [5.41, 5.74) is 2.83. The van der Waals surface area contributed by atoms with Gasteiger partial charge in [-0.05, 0) is 42.4 Å². The molecule has 1 aliphatic heterocycles. The average Bonchev–Trinajstić information content (AvgIpc) is 3.35. The second kappa shape index (κ2) is 12.5. The number of anilines is 1. The maximum absolute atomic E-state index is 9.10. The van der Waals surface area contributed by atoms with Crippen LogP contribution in [0.3, 0.4) is 0 Å². The molecular weight excluding hydrogens is 454 g/mol. The number of aliphatic hydroxyl groups is 1. The number of ether oxygens (including phenoxy) is 1. The van der Waals surface area contributed by atoms with Crippen molar-refractivity contribution in [2.75, 3.05) is 50.8 Å². The zero-order chi connectivity index (χ0) is 25.2. The fourth-order valence-corrected chi connectivity index (χ4v) is 3.58. The lowest BCUT2D eigenvalue weighted by Crippen LogP contribution is -2.46. The zero-order valence-corrected chi connectivity index (χ0v) is 19.5. The monoisotopic (exact) mass is 483 g/mol. The van der Waals surface area contributed by atoms with Crippen molar-refractivity contribution in [1.82, 2.24) is 9.88 Å². The van der Waals surface area contributed by atoms with Gasteiger partial charge in [-0.15, -0.1) is 0 Å². The van der Waals surface area contributed by atoms with Crippen molar-refractivity contribution in [2.45, 2.75) is 6.92 Å². The van der Waals surface area contributed by atoms with Crippen molar-refractivity contribution < 1.29 is 34.1 Å². The molecule has 0 unspecified atom stereocenters. The molecule has 0 spiro atoms. The van der Waals surface area contributed by atoms with Crippen LogP contribution in [0.15, 0.2) is 47.1 Å². The van der Waals surface area contributed by atoms with Gasteiger partial charge >= 0.3 is 11.9 Å². The molecule has 3 N–H and O–H groups in total. The average molecular weight is 484 g/mol. The van der Waals surface area contributed by atoms with Crippen molar-refractivity contribution in [2.24, 2.45) is 0 Å². The molecule has 2 aromatic heterocycles. The molecule has 1 aliphatic rings. The van der Waals surface area contributed by atoms with Gasteiger partial charge in [0, 0.05) is 31.6 Å². The number of rotatable bonds is 7. The summed E-state index contributed by atoms with van der Waals surface area (Å²) in [7, 11) is 0. The smallest absolute Gasteiger partial charge is 0.414 e. The van der Waals surface area contributed by atoms with Gasteiger partial charge in [-0.25, -0.2) is 14.6 Å². The summed E-state index contributed by atoms with van der Waals surface area (Å²) < 4.78 is 11.1. The standard InChI is InChI=1S/C23H27N3O3.C2H2O4/c1-2-25-10-12-26(13-11-25)23-22-19(9-15-29-22)17-20(24-23)6-3-18-4-7-21(8-5-18)28-16-14-27;3-1(4)2(5)6/h3-9,15,17,27H,2,10-14,16H2,1H3;(H,3,4)(H,5,6)/b6-3+;. The molecule has 3 heterocycles. The molecule has 10 heteroatoms. The predicted octanol–water partition coefficient (Wildman–Crippen LogP) is 2.67. The van der Waals surface area contributed by atoms with Gasteiger partial charge in [0.25, 0.3) is 0 Å². The number of nitrogens with zero attached hydrogens (tertiary/aromatic N) is 3. The Labute approximate surface area is 202 Å². The van der Waals surface area contributed by atoms with Crippen LogP contribution in [0.1, 0.15) is 18.2 Å². The van der Waals surface area contributed by atoms with E-state index < -0.39 is 11.9 Å². The van der Waals surface area contributed by atoms with Crippen molar-refractivity contribution in [1.29, 1.82) is 0 Å². The molecule has 0 saturated carbocycles. The summed E-state index contributed by atoms with van der Waals surface area (Å²) >= 11 is 0. The fraction of sp³-hybridized carbons (Fsp3) is 0.320. The number of piperazine rings is 1. The summed E-state index contributed by atoms with van der Waals surface area (Å²) in [6, 6.07) is 11.8. The SMILES string of the molecule is CCN1CCN(c2nc(/C=C/c3ccc(OCCO)cc3)cc3ccoc23)CC1.O=C(O)C(=O)O. The Morgan fingerprint density at radius 2 is 1.74 bits per heavy atom. The van der Waals surface area contributed by atoms with E-state index in [1.807, 2.05) is 42.5 Å². The molecule has 4 rings (SSSR count). The third-order valence-corrected chi connectivity index (χ3v) is 5.43. The predicted molar refractivity (Wildman–Crippen MR) is 132 cm³/mol. The maximum atomic E-state index is 9.10. The largest absolute Gasteiger partial charge is 0.491 e. The first kappa shape index (κ1) is 25.7. The number of aliphatic hydroxyl groups excluding tert-OH is 1. The molecule has 0 atom stereocenters. The second-order valence-electron chi connectivity index (χ2n) is 7.72. The van der Waals surface area contributed by atoms with Gasteiger partial charge in [0.15, 0.2) is 11.4 Å². The highest BCUT2D eigenvalue weighted by atomic mass is 16.5. The van der Waals surface area contributed by atoms with E-state index in [0.717, 1.165) is 66.5 Å². The number of hydrogen-bond donors (Lipinski definition) is 3. The molecule has 1 fully saturated rings. The van der Waals surface area contributed by atoms with Gasteiger partial charge in [-0.3, -0.25) is 0 Å². The lowest BCUT2D eigenvalue weighted by atomic mass is 10.1. The van der Waals surface area contributed by atoms with E-state index in [1.165, 1.54) is 0 Å². The number of hydrogen-bond acceptors (Lipinski definition) is 8. The van der Waals surface area contributed by atoms with Crippen molar-refractivity contribution in [3.05, 3.63) is 53.9 Å². The second-order valence-corrected chi connectivity index (χ2v) is 7.72. The Hall–Kier alpha value is -3.89. The number of fused-ring (bicyclic) bond motifs is 1. The fourth-order valence-electron chi connectivity index (χ4n) is 3.58. The summed E-state index contributed by atoms with van der Waals surface area (Å²) in [4.78, 5) is 27.9. The van der Waals surface area contributed by atoms with Crippen LogP contribution in [-0.2, 0) is 9.59 Å². The Kier molecular flexibility index (Phi) is 9.22. The normalized spacial score (nSPS) is 14.1. The van der Waals surface area contributed by atoms with Crippen LogP contribution in [0, 0.1) is 0 Å². The van der Waals surface area contributed by atoms with Crippen LogP contribution in [0.5, 0.6) is 5.75 Å². The van der Waals surface area contributed by atoms with Gasteiger partial charge in [0.2, 0.25) is 0 Å². The number of furan rings is 1. The van der Waals surface area contributed by atoms with E-state index in [2.05, 4.69) is 22.8 Å². The molecule has 35 heavy (non-hydrogen) atoms. The molecule has 0 bridgehead atoms. The number of carboxylic acids is 2. The van der Waals surface area contributed by atoms with E-state index >= 15 is 0 Å². The highest BCUT2D eigenvalue weighted by Gasteiger charge is 2.20. The van der Waals surface area contributed by atoms with Gasteiger partial charge in [-0.1, -0.05) is 25.1 Å². The van der Waals surface area contributed by atoms with Crippen LogP contribution in [-0.4, -0.2) is 83.1 Å². The molecular formula is C25H29N3O7. The van der Waals surface area contributed by atoms with E-state index in [1.54, 1.807) is 6.26 Å². The number of carbonyl (C=O) groups is 2. The minimum Gasteiger partial charge on any atom is -0.491 e. The first-order valence-electron chi connectivity index (χ1n) is 11.2. The maximum Gasteiger partial charge on any atom is 0.414 e. The van der Waals surface area contributed by atoms with Crippen molar-refractivity contribution >= 4 is 40.9 Å². The minimum atomic E-state index is -1.82. The molecule has 0 amide bonds. The molecule has 0 aliphatic carbocycles. The van der Waals surface area contributed by atoms with Gasteiger partial charge < -0.3 is 34.3 Å². The third-order valence-electron chi connectivity index (χ3n) is 5.43. The van der Waals surface area contributed by atoms with E-state index in [0.29, 0.717) is 6.61 Å². The van der Waals surface area contributed by atoms with Crippen LogP contribution >= 0.6 is 0 Å². The Bertz CT molecular complexity index is 1140. The Morgan fingerprint density at radius 1 is 1.06 bits per heavy atom. The van der Waals surface area contributed by atoms with Crippen LogP contribution in [0.25, 0.3) is 23.1 Å². The lowest BCUT2D eigenvalue weighted by molar-refractivity contribution is -0.159. The Balaban J connectivity index is 0.000000509. The van der Waals surface area contributed by atoms with Crippen LogP contribution in [0.4, 0.5) is 5.82 Å². The topological polar surface area (TPSA) is 137 Å². The molecule has 10 nitrogen and oxygen atoms in total. The van der Waals surface area contributed by atoms with Crippen LogP contribution < -0.4 is 9.64 Å². The number of carboxylic acid groups (broad SMARTS) is 2. The molecule has 0 radical (unpaired) electrons. The lowest BCUT2D eigenvalue weighted by Gasteiger charge is -2.34. The molecule has 3 aromatic rings. The first-order chi connectivity index (χ1) is 16.9. The Morgan fingerprint density at radius 3 is 2.34 bits per heavy atom. The summed E-state index contributed by atoms with van der Waals surface area (Å²) in [5.74, 6) is -1.97. The number of likely N-dealkylation sites (N-methyl/N-ethyl adjacent to an activating group) is 1. The number of pyridine rings is 1. The van der Waals surface area contributed by atoms with Gasteiger partial charge in [0.05, 0.1) is 18.6 Å². The summed E-state index contributed by atoms with van der Waals surface area (Å²) in [6.45, 7) is 7.62. The minimum absolute atomic E-state index is 0.0135. The zero-order valence-electron chi connectivity index (χ0n) is 19.5. The van der Waals surface area contributed by atoms with Crippen LogP contribution in [0.2, 0.25) is 0 Å². The van der Waals surface area contributed by atoms with Gasteiger partial charge in [0.1, 0.15) is 12.4 Å². The molecule has 1 saturated heterocycles. The van der Waals surface area contributed by atoms with Crippen molar-refractivity contribution in [3.8, 4) is 5.75 Å². The first-order valence-corrected chi connectivity index (χ1v) is 11.2. The third kappa shape index (κ3) is 7.29. The summed E-state index contributed by atoms with van der Waals surface area (Å²) in [6.07, 6.45) is 5.81. The van der Waals surface area contributed by atoms with E-state index in [4.69, 9.17) is 39.0 Å². The molecule has 1 aromatic carbocycles. The van der Waals surface area contributed by atoms with E-state index in [-0.39, 0.29) is 6.61 Å². The number of aliphatic carboxylic acids is 2. The molecule has 186 valence electrons. The highest BCUT2D eigenvalue weighted by molar-refractivity contribution is 6.27. The quantitative estimate of drug-likeness (QED) is 0.430. The van der Waals surface area contributed by atoms with E-state index in [9.17, 15) is 0 Å². The van der Waals surface area contributed by atoms with Crippen molar-refractivity contribution in [3.63, 3.8) is 0 Å². The number of aromatic nitrogens is 1. The highest BCUT2D eigenvalue weighted by Crippen LogP contribution is 2.28.